The largest absolute Gasteiger partial charge is 0.207 e. The average Bonchev–Trinajstić information content (AvgIpc) is 2.31. The number of hydrogen-bond acceptors (Lipinski definition) is 0. The molecule has 0 saturated heterocycles. The second kappa shape index (κ2) is 5.66. The molecule has 5 heteroatoms. The van der Waals surface area contributed by atoms with Crippen LogP contribution in [0.3, 0.4) is 0 Å². The van der Waals surface area contributed by atoms with Crippen molar-refractivity contribution in [1.29, 1.82) is 0 Å². The SMILES string of the molecule is Fc1ccc(C(Cl)c2cc(Cl)ccc2Cl)c(Cl)c1. The Morgan fingerprint density at radius 3 is 2.22 bits per heavy atom. The van der Waals surface area contributed by atoms with Gasteiger partial charge in [0.05, 0.1) is 5.38 Å². The summed E-state index contributed by atoms with van der Waals surface area (Å²) < 4.78 is 13.0. The van der Waals surface area contributed by atoms with Crippen molar-refractivity contribution in [2.24, 2.45) is 0 Å². The topological polar surface area (TPSA) is 0 Å². The molecular formula is C13H7Cl4F. The Morgan fingerprint density at radius 1 is 0.833 bits per heavy atom. The molecule has 0 saturated carbocycles. The van der Waals surface area contributed by atoms with Crippen LogP contribution in [0.2, 0.25) is 15.1 Å². The molecule has 0 bridgehead atoms. The molecule has 2 rings (SSSR count). The van der Waals surface area contributed by atoms with E-state index in [0.29, 0.717) is 21.2 Å². The van der Waals surface area contributed by atoms with Crippen LogP contribution in [0.1, 0.15) is 16.5 Å². The molecule has 0 heterocycles. The van der Waals surface area contributed by atoms with E-state index in [9.17, 15) is 4.39 Å². The number of benzene rings is 2. The summed E-state index contributed by atoms with van der Waals surface area (Å²) in [6.45, 7) is 0. The van der Waals surface area contributed by atoms with E-state index < -0.39 is 11.2 Å². The molecule has 0 aromatic heterocycles. The Morgan fingerprint density at radius 2 is 1.56 bits per heavy atom. The van der Waals surface area contributed by atoms with E-state index in [1.54, 1.807) is 18.2 Å². The predicted octanol–water partition coefficient (Wildman–Crippen LogP) is 6.11. The minimum Gasteiger partial charge on any atom is -0.207 e. The van der Waals surface area contributed by atoms with Crippen LogP contribution in [0.15, 0.2) is 36.4 Å². The summed E-state index contributed by atoms with van der Waals surface area (Å²) in [6.07, 6.45) is 0. The highest BCUT2D eigenvalue weighted by Crippen LogP contribution is 2.38. The molecule has 0 spiro atoms. The summed E-state index contributed by atoms with van der Waals surface area (Å²) in [5, 5.41) is 0.688. The Bertz CT molecular complexity index is 583. The smallest absolute Gasteiger partial charge is 0.124 e. The maximum Gasteiger partial charge on any atom is 0.124 e. The van der Waals surface area contributed by atoms with E-state index in [1.165, 1.54) is 18.2 Å². The van der Waals surface area contributed by atoms with Crippen LogP contribution in [-0.2, 0) is 0 Å². The molecule has 0 aliphatic heterocycles. The van der Waals surface area contributed by atoms with Gasteiger partial charge >= 0.3 is 0 Å². The minimum atomic E-state index is -0.579. The third-order valence-electron chi connectivity index (χ3n) is 2.47. The molecule has 1 unspecified atom stereocenters. The Kier molecular flexibility index (Phi) is 4.39. The molecule has 0 amide bonds. The molecule has 0 aliphatic carbocycles. The van der Waals surface area contributed by atoms with E-state index in [4.69, 9.17) is 46.4 Å². The van der Waals surface area contributed by atoms with Gasteiger partial charge in [-0.15, -0.1) is 11.6 Å². The summed E-state index contributed by atoms with van der Waals surface area (Å²) in [6, 6.07) is 9.04. The Hall–Kier alpha value is -0.470. The first kappa shape index (κ1) is 14.0. The van der Waals surface area contributed by atoms with Gasteiger partial charge in [0.1, 0.15) is 5.82 Å². The number of alkyl halides is 1. The predicted molar refractivity (Wildman–Crippen MR) is 75.6 cm³/mol. The van der Waals surface area contributed by atoms with Gasteiger partial charge in [-0.3, -0.25) is 0 Å². The molecule has 0 aliphatic rings. The van der Waals surface area contributed by atoms with Gasteiger partial charge in [0.25, 0.3) is 0 Å². The lowest BCUT2D eigenvalue weighted by molar-refractivity contribution is 0.627. The summed E-state index contributed by atoms with van der Waals surface area (Å²) in [4.78, 5) is 0. The van der Waals surface area contributed by atoms with Gasteiger partial charge in [0.15, 0.2) is 0 Å². The minimum absolute atomic E-state index is 0.256. The standard InChI is InChI=1S/C13H7Cl4F/c14-7-1-4-11(15)10(5-7)13(17)9-3-2-8(18)6-12(9)16/h1-6,13H. The van der Waals surface area contributed by atoms with Crippen LogP contribution in [0.4, 0.5) is 4.39 Å². The zero-order valence-electron chi connectivity index (χ0n) is 8.93. The van der Waals surface area contributed by atoms with Crippen molar-refractivity contribution < 1.29 is 4.39 Å². The van der Waals surface area contributed by atoms with Crippen LogP contribution < -0.4 is 0 Å². The number of hydrogen-bond donors (Lipinski definition) is 0. The molecule has 1 atom stereocenters. The fraction of sp³-hybridized carbons (Fsp3) is 0.0769. The van der Waals surface area contributed by atoms with Crippen molar-refractivity contribution in [3.8, 4) is 0 Å². The first-order valence-electron chi connectivity index (χ1n) is 5.03. The number of rotatable bonds is 2. The van der Waals surface area contributed by atoms with Gasteiger partial charge in [-0.2, -0.15) is 0 Å². The van der Waals surface area contributed by atoms with E-state index in [0.717, 1.165) is 0 Å². The molecule has 0 fully saturated rings. The Balaban J connectivity index is 2.47. The highest BCUT2D eigenvalue weighted by molar-refractivity contribution is 6.36. The van der Waals surface area contributed by atoms with E-state index >= 15 is 0 Å². The summed E-state index contributed by atoms with van der Waals surface area (Å²) in [7, 11) is 0. The normalized spacial score (nSPS) is 12.5. The molecule has 2 aromatic carbocycles. The van der Waals surface area contributed by atoms with Crippen molar-refractivity contribution in [2.75, 3.05) is 0 Å². The van der Waals surface area contributed by atoms with Gasteiger partial charge in [0.2, 0.25) is 0 Å². The monoisotopic (exact) mass is 322 g/mol. The Labute approximate surface area is 124 Å². The van der Waals surface area contributed by atoms with Crippen LogP contribution >= 0.6 is 46.4 Å². The van der Waals surface area contributed by atoms with E-state index in [-0.39, 0.29) is 5.02 Å². The lowest BCUT2D eigenvalue weighted by atomic mass is 10.0. The molecule has 0 nitrogen and oxygen atoms in total. The van der Waals surface area contributed by atoms with Crippen LogP contribution in [0.5, 0.6) is 0 Å². The van der Waals surface area contributed by atoms with Crippen molar-refractivity contribution in [1.82, 2.24) is 0 Å². The summed E-state index contributed by atoms with van der Waals surface area (Å²) >= 11 is 24.2. The van der Waals surface area contributed by atoms with E-state index in [1.807, 2.05) is 0 Å². The van der Waals surface area contributed by atoms with Crippen molar-refractivity contribution in [2.45, 2.75) is 5.38 Å². The fourth-order valence-corrected chi connectivity index (χ4v) is 2.75. The highest BCUT2D eigenvalue weighted by atomic mass is 35.5. The molecular weight excluding hydrogens is 317 g/mol. The second-order valence-electron chi connectivity index (χ2n) is 3.69. The van der Waals surface area contributed by atoms with Crippen LogP contribution in [-0.4, -0.2) is 0 Å². The summed E-state index contributed by atoms with van der Waals surface area (Å²) in [5.74, 6) is -0.412. The molecule has 0 N–H and O–H groups in total. The molecule has 0 radical (unpaired) electrons. The third kappa shape index (κ3) is 2.92. The molecule has 94 valence electrons. The quantitative estimate of drug-likeness (QED) is 0.584. The zero-order valence-corrected chi connectivity index (χ0v) is 12.0. The first-order chi connectivity index (χ1) is 8.49. The summed E-state index contributed by atoms with van der Waals surface area (Å²) in [5.41, 5.74) is 1.23. The van der Waals surface area contributed by atoms with Gasteiger partial charge in [-0.25, -0.2) is 4.39 Å². The fourth-order valence-electron chi connectivity index (χ4n) is 1.58. The van der Waals surface area contributed by atoms with Gasteiger partial charge in [-0.05, 0) is 41.5 Å². The van der Waals surface area contributed by atoms with Gasteiger partial charge < -0.3 is 0 Å². The third-order valence-corrected chi connectivity index (χ3v) is 3.84. The first-order valence-corrected chi connectivity index (χ1v) is 6.60. The maximum absolute atomic E-state index is 13.0. The van der Waals surface area contributed by atoms with Crippen LogP contribution in [0, 0.1) is 5.82 Å². The average molecular weight is 324 g/mol. The van der Waals surface area contributed by atoms with Crippen LogP contribution in [0.25, 0.3) is 0 Å². The van der Waals surface area contributed by atoms with Crippen molar-refractivity contribution >= 4 is 46.4 Å². The van der Waals surface area contributed by atoms with Gasteiger partial charge in [0, 0.05) is 15.1 Å². The lowest BCUT2D eigenvalue weighted by Gasteiger charge is -2.14. The van der Waals surface area contributed by atoms with E-state index in [2.05, 4.69) is 0 Å². The molecule has 18 heavy (non-hydrogen) atoms. The van der Waals surface area contributed by atoms with Crippen molar-refractivity contribution in [3.05, 3.63) is 68.4 Å². The van der Waals surface area contributed by atoms with Gasteiger partial charge in [-0.1, -0.05) is 40.9 Å². The zero-order chi connectivity index (χ0) is 13.3. The second-order valence-corrected chi connectivity index (χ2v) is 5.38. The van der Waals surface area contributed by atoms with Crippen molar-refractivity contribution in [3.63, 3.8) is 0 Å². The molecule has 2 aromatic rings. The number of halogens is 5. The highest BCUT2D eigenvalue weighted by Gasteiger charge is 2.17. The lowest BCUT2D eigenvalue weighted by Crippen LogP contribution is -1.96. The maximum atomic E-state index is 13.0.